The minimum Gasteiger partial charge on any atom is -0.459 e. The Kier molecular flexibility index (Phi) is 2.76. The van der Waals surface area contributed by atoms with Gasteiger partial charge in [0.1, 0.15) is 5.76 Å². The van der Waals surface area contributed by atoms with Gasteiger partial charge in [0.15, 0.2) is 11.7 Å². The predicted octanol–water partition coefficient (Wildman–Crippen LogP) is 1.81. The van der Waals surface area contributed by atoms with Gasteiger partial charge in [-0.3, -0.25) is 4.79 Å². The van der Waals surface area contributed by atoms with Crippen molar-refractivity contribution in [1.29, 1.82) is 0 Å². The Hall–Kier alpha value is -2.04. The van der Waals surface area contributed by atoms with Crippen molar-refractivity contribution < 1.29 is 13.6 Å². The highest BCUT2D eigenvalue weighted by Crippen LogP contribution is 2.09. The lowest BCUT2D eigenvalue weighted by Gasteiger charge is -2.00. The molecule has 2 heterocycles. The normalized spacial score (nSPS) is 10.4. The van der Waals surface area contributed by atoms with Gasteiger partial charge in [0.25, 0.3) is 5.91 Å². The van der Waals surface area contributed by atoms with Gasteiger partial charge >= 0.3 is 0 Å². The van der Waals surface area contributed by atoms with Crippen LogP contribution in [0.1, 0.15) is 27.9 Å². The number of nitrogens with one attached hydrogen (secondary N) is 1. The molecule has 0 aliphatic heterocycles. The molecule has 0 fully saturated rings. The lowest BCUT2D eigenvalue weighted by Crippen LogP contribution is -2.22. The van der Waals surface area contributed by atoms with Crippen molar-refractivity contribution in [1.82, 2.24) is 10.3 Å². The van der Waals surface area contributed by atoms with E-state index < -0.39 is 0 Å². The molecule has 0 atom stereocenters. The van der Waals surface area contributed by atoms with Crippen molar-refractivity contribution in [3.05, 3.63) is 41.5 Å². The van der Waals surface area contributed by atoms with Gasteiger partial charge in [0, 0.05) is 6.92 Å². The fourth-order valence-electron chi connectivity index (χ4n) is 1.39. The van der Waals surface area contributed by atoms with Crippen LogP contribution >= 0.6 is 0 Å². The van der Waals surface area contributed by atoms with E-state index in [0.29, 0.717) is 18.2 Å². The number of carbonyl (C=O) groups is 1. The second-order valence-electron chi connectivity index (χ2n) is 3.40. The third-order valence-electron chi connectivity index (χ3n) is 2.15. The maximum Gasteiger partial charge on any atom is 0.287 e. The van der Waals surface area contributed by atoms with Gasteiger partial charge in [-0.05, 0) is 19.1 Å². The maximum absolute atomic E-state index is 11.5. The highest BCUT2D eigenvalue weighted by atomic mass is 16.4. The van der Waals surface area contributed by atoms with Crippen molar-refractivity contribution in [2.75, 3.05) is 0 Å². The number of nitrogens with zero attached hydrogens (tertiary/aromatic N) is 1. The van der Waals surface area contributed by atoms with Crippen LogP contribution in [0.5, 0.6) is 0 Å². The smallest absolute Gasteiger partial charge is 0.287 e. The number of aryl methyl sites for hydroxylation is 2. The molecule has 2 rings (SSSR count). The van der Waals surface area contributed by atoms with Crippen LogP contribution in [0.15, 0.2) is 27.2 Å². The summed E-state index contributed by atoms with van der Waals surface area (Å²) in [5, 5.41) is 2.69. The number of rotatable bonds is 3. The van der Waals surface area contributed by atoms with Crippen molar-refractivity contribution in [2.45, 2.75) is 20.4 Å². The number of aromatic nitrogens is 1. The highest BCUT2D eigenvalue weighted by Gasteiger charge is 2.11. The summed E-state index contributed by atoms with van der Waals surface area (Å²) < 4.78 is 10.3. The molecule has 1 amide bonds. The minimum atomic E-state index is -0.265. The van der Waals surface area contributed by atoms with E-state index in [-0.39, 0.29) is 11.7 Å². The number of oxazole rings is 1. The fraction of sp³-hybridized carbons (Fsp3) is 0.273. The number of carbonyl (C=O) groups excluding carboxylic acids is 1. The van der Waals surface area contributed by atoms with Gasteiger partial charge < -0.3 is 14.2 Å². The Morgan fingerprint density at radius 2 is 2.31 bits per heavy atom. The predicted molar refractivity (Wildman–Crippen MR) is 55.9 cm³/mol. The lowest BCUT2D eigenvalue weighted by atomic mass is 10.3. The molecular weight excluding hydrogens is 208 g/mol. The van der Waals surface area contributed by atoms with Crippen LogP contribution in [-0.2, 0) is 6.54 Å². The first-order chi connectivity index (χ1) is 7.66. The Morgan fingerprint density at radius 3 is 2.88 bits per heavy atom. The summed E-state index contributed by atoms with van der Waals surface area (Å²) >= 11 is 0. The molecule has 84 valence electrons. The van der Waals surface area contributed by atoms with Crippen molar-refractivity contribution in [2.24, 2.45) is 0 Å². The largest absolute Gasteiger partial charge is 0.459 e. The fourth-order valence-corrected chi connectivity index (χ4v) is 1.39. The molecule has 0 spiro atoms. The van der Waals surface area contributed by atoms with E-state index in [1.165, 1.54) is 6.26 Å². The summed E-state index contributed by atoms with van der Waals surface area (Å²) in [4.78, 5) is 15.6. The van der Waals surface area contributed by atoms with Crippen LogP contribution in [-0.4, -0.2) is 10.9 Å². The molecule has 0 aliphatic carbocycles. The second-order valence-corrected chi connectivity index (χ2v) is 3.40. The lowest BCUT2D eigenvalue weighted by molar-refractivity contribution is 0.0920. The van der Waals surface area contributed by atoms with E-state index in [4.69, 9.17) is 8.83 Å². The molecule has 5 nitrogen and oxygen atoms in total. The second kappa shape index (κ2) is 4.22. The zero-order valence-corrected chi connectivity index (χ0v) is 9.11. The molecule has 0 saturated carbocycles. The molecule has 0 aromatic carbocycles. The van der Waals surface area contributed by atoms with E-state index >= 15 is 0 Å². The van der Waals surface area contributed by atoms with Crippen LogP contribution in [0.2, 0.25) is 0 Å². The van der Waals surface area contributed by atoms with Gasteiger partial charge in [-0.2, -0.15) is 0 Å². The van der Waals surface area contributed by atoms with E-state index in [1.54, 1.807) is 19.1 Å². The molecular formula is C11H12N2O3. The van der Waals surface area contributed by atoms with Gasteiger partial charge in [-0.25, -0.2) is 4.98 Å². The zero-order chi connectivity index (χ0) is 11.5. The van der Waals surface area contributed by atoms with Gasteiger partial charge in [-0.15, -0.1) is 0 Å². The van der Waals surface area contributed by atoms with Gasteiger partial charge in [-0.1, -0.05) is 0 Å². The van der Waals surface area contributed by atoms with Gasteiger partial charge in [0.05, 0.1) is 18.5 Å². The Labute approximate surface area is 92.5 Å². The molecule has 0 saturated heterocycles. The number of furan rings is 1. The Bertz CT molecular complexity index is 485. The van der Waals surface area contributed by atoms with Crippen LogP contribution in [0.3, 0.4) is 0 Å². The highest BCUT2D eigenvalue weighted by molar-refractivity contribution is 5.91. The maximum atomic E-state index is 11.5. The average molecular weight is 220 g/mol. The van der Waals surface area contributed by atoms with E-state index in [0.717, 1.165) is 5.69 Å². The monoisotopic (exact) mass is 220 g/mol. The molecule has 2 aromatic rings. The SMILES string of the molecule is Cc1nc(C)c(CNC(=O)c2ccco2)o1. The molecule has 2 aromatic heterocycles. The summed E-state index contributed by atoms with van der Waals surface area (Å²) in [5.74, 6) is 1.28. The van der Waals surface area contributed by atoms with Gasteiger partial charge in [0.2, 0.25) is 0 Å². The summed E-state index contributed by atoms with van der Waals surface area (Å²) in [5.41, 5.74) is 0.789. The first-order valence-electron chi connectivity index (χ1n) is 4.91. The standard InChI is InChI=1S/C11H12N2O3/c1-7-10(16-8(2)13-7)6-12-11(14)9-4-3-5-15-9/h3-5H,6H2,1-2H3,(H,12,14). The summed E-state index contributed by atoms with van der Waals surface area (Å²) in [6.45, 7) is 3.92. The Balaban J connectivity index is 1.98. The van der Waals surface area contributed by atoms with Crippen LogP contribution in [0.25, 0.3) is 0 Å². The van der Waals surface area contributed by atoms with Crippen molar-refractivity contribution in [3.63, 3.8) is 0 Å². The molecule has 0 aliphatic rings. The summed E-state index contributed by atoms with van der Waals surface area (Å²) in [7, 11) is 0. The topological polar surface area (TPSA) is 68.3 Å². The molecule has 16 heavy (non-hydrogen) atoms. The molecule has 0 bridgehead atoms. The molecule has 1 N–H and O–H groups in total. The third kappa shape index (κ3) is 2.13. The number of hydrogen-bond donors (Lipinski definition) is 1. The minimum absolute atomic E-state index is 0.265. The van der Waals surface area contributed by atoms with Crippen molar-refractivity contribution in [3.8, 4) is 0 Å². The number of hydrogen-bond acceptors (Lipinski definition) is 4. The van der Waals surface area contributed by atoms with E-state index in [9.17, 15) is 4.79 Å². The molecule has 0 unspecified atom stereocenters. The van der Waals surface area contributed by atoms with E-state index in [2.05, 4.69) is 10.3 Å². The summed E-state index contributed by atoms with van der Waals surface area (Å²) in [6.07, 6.45) is 1.46. The average Bonchev–Trinajstić information content (AvgIpc) is 2.84. The Morgan fingerprint density at radius 1 is 1.50 bits per heavy atom. The number of amides is 1. The first-order valence-corrected chi connectivity index (χ1v) is 4.91. The molecule has 5 heteroatoms. The third-order valence-corrected chi connectivity index (χ3v) is 2.15. The quantitative estimate of drug-likeness (QED) is 0.856. The molecule has 0 radical (unpaired) electrons. The summed E-state index contributed by atoms with van der Waals surface area (Å²) in [6, 6.07) is 3.27. The van der Waals surface area contributed by atoms with Crippen LogP contribution in [0.4, 0.5) is 0 Å². The van der Waals surface area contributed by atoms with Crippen LogP contribution in [0, 0.1) is 13.8 Å². The van der Waals surface area contributed by atoms with E-state index in [1.807, 2.05) is 6.92 Å². The van der Waals surface area contributed by atoms with Crippen molar-refractivity contribution >= 4 is 5.91 Å². The first kappa shape index (κ1) is 10.5. The zero-order valence-electron chi connectivity index (χ0n) is 9.11. The van der Waals surface area contributed by atoms with Crippen LogP contribution < -0.4 is 5.32 Å².